The van der Waals surface area contributed by atoms with Crippen molar-refractivity contribution >= 4 is 33.0 Å². The number of hydrogen-bond donors (Lipinski definition) is 2. The van der Waals surface area contributed by atoms with Gasteiger partial charge in [0.25, 0.3) is 5.56 Å². The smallest absolute Gasteiger partial charge is 0.291 e. The van der Waals surface area contributed by atoms with E-state index in [9.17, 15) is 14.7 Å². The van der Waals surface area contributed by atoms with Crippen LogP contribution in [0, 0.1) is 0 Å². The summed E-state index contributed by atoms with van der Waals surface area (Å²) in [5.74, 6) is 0.156. The molecule has 0 aromatic carbocycles. The number of thiophene rings is 1. The molecule has 30 heavy (non-hydrogen) atoms. The van der Waals surface area contributed by atoms with Gasteiger partial charge < -0.3 is 10.4 Å². The van der Waals surface area contributed by atoms with Gasteiger partial charge in [-0.15, -0.1) is 11.3 Å². The fourth-order valence-corrected chi connectivity index (χ4v) is 5.55. The number of hydrogen-bond acceptors (Lipinski definition) is 6. The molecule has 0 bridgehead atoms. The van der Waals surface area contributed by atoms with E-state index in [0.717, 1.165) is 36.1 Å². The average molecular weight is 430 g/mol. The maximum Gasteiger partial charge on any atom is 0.291 e. The zero-order chi connectivity index (χ0) is 20.8. The molecule has 2 atom stereocenters. The fourth-order valence-electron chi connectivity index (χ4n) is 4.65. The van der Waals surface area contributed by atoms with Gasteiger partial charge in [0.15, 0.2) is 5.82 Å². The lowest BCUT2D eigenvalue weighted by atomic mass is 9.89. The van der Waals surface area contributed by atoms with Gasteiger partial charge in [-0.05, 0) is 56.7 Å². The lowest BCUT2D eigenvalue weighted by Gasteiger charge is -2.42. The van der Waals surface area contributed by atoms with E-state index in [1.807, 2.05) is 11.4 Å². The maximum absolute atomic E-state index is 13.0. The molecule has 8 nitrogen and oxygen atoms in total. The van der Waals surface area contributed by atoms with Crippen molar-refractivity contribution in [3.8, 4) is 0 Å². The molecule has 1 aliphatic carbocycles. The highest BCUT2D eigenvalue weighted by atomic mass is 32.1. The molecular weight excluding hydrogens is 402 g/mol. The highest BCUT2D eigenvalue weighted by molar-refractivity contribution is 7.16. The van der Waals surface area contributed by atoms with E-state index in [0.29, 0.717) is 17.4 Å². The number of aromatic nitrogens is 3. The van der Waals surface area contributed by atoms with Crippen molar-refractivity contribution in [2.24, 2.45) is 0 Å². The van der Waals surface area contributed by atoms with E-state index in [2.05, 4.69) is 15.3 Å². The maximum atomic E-state index is 13.0. The van der Waals surface area contributed by atoms with Crippen LogP contribution in [0.1, 0.15) is 51.0 Å². The van der Waals surface area contributed by atoms with Crippen molar-refractivity contribution in [2.75, 3.05) is 13.1 Å². The summed E-state index contributed by atoms with van der Waals surface area (Å²) in [6.45, 7) is 3.46. The van der Waals surface area contributed by atoms with Gasteiger partial charge in [0, 0.05) is 24.0 Å². The molecule has 2 aliphatic rings. The highest BCUT2D eigenvalue weighted by Gasteiger charge is 2.30. The quantitative estimate of drug-likeness (QED) is 0.646. The van der Waals surface area contributed by atoms with Crippen molar-refractivity contribution in [1.82, 2.24) is 24.4 Å². The SMILES string of the molecule is CC(O)c1nn(CC(=O)N[C@@H]2CCCN(C3CCC3)C2)c(=O)c2cc3ccsc3n12. The van der Waals surface area contributed by atoms with Crippen LogP contribution >= 0.6 is 11.3 Å². The van der Waals surface area contributed by atoms with Crippen molar-refractivity contribution in [3.05, 3.63) is 33.7 Å². The second kappa shape index (κ2) is 7.79. The standard InChI is InChI=1S/C21H27N5O3S/c1-13(27)19-23-25(20(29)17-10-14-7-9-30-21(14)26(17)19)12-18(28)22-15-4-3-8-24(11-15)16-5-2-6-16/h7,9-10,13,15-16,27H,2-6,8,11-12H2,1H3,(H,22,28)/t13?,15-/m1/s1. The molecule has 9 heteroatoms. The second-order valence-corrected chi connectivity index (χ2v) is 9.42. The minimum atomic E-state index is -0.866. The Morgan fingerprint density at radius 1 is 1.37 bits per heavy atom. The van der Waals surface area contributed by atoms with Crippen LogP contribution in [0.3, 0.4) is 0 Å². The third-order valence-corrected chi connectivity index (χ3v) is 7.31. The molecule has 1 saturated carbocycles. The van der Waals surface area contributed by atoms with Crippen LogP contribution in [0.4, 0.5) is 0 Å². The van der Waals surface area contributed by atoms with Crippen molar-refractivity contribution < 1.29 is 9.90 Å². The molecule has 3 aromatic rings. The first kappa shape index (κ1) is 19.7. The van der Waals surface area contributed by atoms with E-state index < -0.39 is 6.10 Å². The Morgan fingerprint density at radius 3 is 2.93 bits per heavy atom. The van der Waals surface area contributed by atoms with Crippen LogP contribution in [0.2, 0.25) is 0 Å². The molecule has 5 rings (SSSR count). The molecule has 0 radical (unpaired) electrons. The molecule has 4 heterocycles. The Hall–Kier alpha value is -2.23. The van der Waals surface area contributed by atoms with Crippen LogP contribution < -0.4 is 10.9 Å². The van der Waals surface area contributed by atoms with Crippen LogP contribution in [0.15, 0.2) is 22.3 Å². The predicted octanol–water partition coefficient (Wildman–Crippen LogP) is 1.90. The number of fused-ring (bicyclic) bond motifs is 3. The molecule has 1 aliphatic heterocycles. The summed E-state index contributed by atoms with van der Waals surface area (Å²) in [5, 5.41) is 20.6. The zero-order valence-corrected chi connectivity index (χ0v) is 17.9. The normalized spacial score (nSPS) is 21.7. The summed E-state index contributed by atoms with van der Waals surface area (Å²) >= 11 is 1.50. The van der Waals surface area contributed by atoms with Crippen molar-refractivity contribution in [3.63, 3.8) is 0 Å². The summed E-state index contributed by atoms with van der Waals surface area (Å²) in [4.78, 5) is 29.1. The molecule has 2 N–H and O–H groups in total. The number of amides is 1. The first-order valence-electron chi connectivity index (χ1n) is 10.7. The summed E-state index contributed by atoms with van der Waals surface area (Å²) in [7, 11) is 0. The Labute approximate surface area is 178 Å². The van der Waals surface area contributed by atoms with Gasteiger partial charge in [0.2, 0.25) is 5.91 Å². The Kier molecular flexibility index (Phi) is 5.12. The number of rotatable bonds is 5. The first-order chi connectivity index (χ1) is 14.5. The lowest BCUT2D eigenvalue weighted by molar-refractivity contribution is -0.123. The molecule has 2 fully saturated rings. The van der Waals surface area contributed by atoms with E-state index in [-0.39, 0.29) is 24.1 Å². The topological polar surface area (TPSA) is 91.9 Å². The number of likely N-dealkylation sites (tertiary alicyclic amines) is 1. The van der Waals surface area contributed by atoms with Gasteiger partial charge in [-0.25, -0.2) is 4.68 Å². The zero-order valence-electron chi connectivity index (χ0n) is 17.1. The van der Waals surface area contributed by atoms with E-state index in [1.165, 1.54) is 35.3 Å². The van der Waals surface area contributed by atoms with Gasteiger partial charge in [-0.3, -0.25) is 18.9 Å². The molecule has 1 unspecified atom stereocenters. The third-order valence-electron chi connectivity index (χ3n) is 6.39. The number of aliphatic hydroxyl groups is 1. The summed E-state index contributed by atoms with van der Waals surface area (Å²) in [5.41, 5.74) is 0.113. The van der Waals surface area contributed by atoms with Gasteiger partial charge in [0.05, 0.1) is 0 Å². The molecule has 160 valence electrons. The van der Waals surface area contributed by atoms with Crippen LogP contribution in [-0.4, -0.2) is 55.3 Å². The largest absolute Gasteiger partial charge is 0.385 e. The number of nitrogens with zero attached hydrogens (tertiary/aromatic N) is 4. The van der Waals surface area contributed by atoms with Crippen molar-refractivity contribution in [1.29, 1.82) is 0 Å². The van der Waals surface area contributed by atoms with Gasteiger partial charge in [-0.2, -0.15) is 5.10 Å². The highest BCUT2D eigenvalue weighted by Crippen LogP contribution is 2.28. The van der Waals surface area contributed by atoms with E-state index >= 15 is 0 Å². The number of carbonyl (C=O) groups excluding carboxylic acids is 1. The molecule has 0 spiro atoms. The summed E-state index contributed by atoms with van der Waals surface area (Å²) < 4.78 is 2.89. The molecular formula is C21H27N5O3S. The van der Waals surface area contributed by atoms with Gasteiger partial charge in [-0.1, -0.05) is 6.42 Å². The minimum absolute atomic E-state index is 0.112. The molecule has 3 aromatic heterocycles. The average Bonchev–Trinajstić information content (AvgIpc) is 3.24. The third kappa shape index (κ3) is 3.44. The number of nitrogens with one attached hydrogen (secondary N) is 1. The second-order valence-electron chi connectivity index (χ2n) is 8.53. The first-order valence-corrected chi connectivity index (χ1v) is 11.6. The lowest BCUT2D eigenvalue weighted by Crippen LogP contribution is -2.53. The van der Waals surface area contributed by atoms with Gasteiger partial charge >= 0.3 is 0 Å². The molecule has 1 amide bonds. The van der Waals surface area contributed by atoms with E-state index in [1.54, 1.807) is 17.4 Å². The Balaban J connectivity index is 1.37. The van der Waals surface area contributed by atoms with Crippen LogP contribution in [0.5, 0.6) is 0 Å². The van der Waals surface area contributed by atoms with Gasteiger partial charge in [0.1, 0.15) is 23.0 Å². The number of carbonyl (C=O) groups is 1. The number of piperidine rings is 1. The number of aliphatic hydroxyl groups excluding tert-OH is 1. The summed E-state index contributed by atoms with van der Waals surface area (Å²) in [6.07, 6.45) is 5.00. The predicted molar refractivity (Wildman–Crippen MR) is 116 cm³/mol. The van der Waals surface area contributed by atoms with Crippen LogP contribution in [0.25, 0.3) is 15.7 Å². The minimum Gasteiger partial charge on any atom is -0.385 e. The Morgan fingerprint density at radius 2 is 2.20 bits per heavy atom. The van der Waals surface area contributed by atoms with Crippen molar-refractivity contribution in [2.45, 2.75) is 63.8 Å². The fraction of sp³-hybridized carbons (Fsp3) is 0.571. The van der Waals surface area contributed by atoms with E-state index in [4.69, 9.17) is 0 Å². The summed E-state index contributed by atoms with van der Waals surface area (Å²) in [6, 6.07) is 4.52. The Bertz CT molecular complexity index is 1140. The molecule has 1 saturated heterocycles. The van der Waals surface area contributed by atoms with Crippen LogP contribution in [-0.2, 0) is 11.3 Å². The monoisotopic (exact) mass is 429 g/mol.